The minimum atomic E-state index is 0.744. The standard InChI is InChI=1S/C11H17BrN4/c1-8-4-3-5-16(6-8)11-9(12)10(13-2)14-7-15-11/h7-8H,3-6H2,1-2H3,(H,13,14,15). The molecule has 1 atom stereocenters. The highest BCUT2D eigenvalue weighted by Gasteiger charge is 2.20. The lowest BCUT2D eigenvalue weighted by molar-refractivity contribution is 0.444. The van der Waals surface area contributed by atoms with Crippen LogP contribution in [0.15, 0.2) is 10.8 Å². The lowest BCUT2D eigenvalue weighted by Crippen LogP contribution is -2.35. The molecule has 1 aliphatic heterocycles. The van der Waals surface area contributed by atoms with Gasteiger partial charge in [-0.2, -0.15) is 0 Å². The van der Waals surface area contributed by atoms with Gasteiger partial charge in [0.25, 0.3) is 0 Å². The van der Waals surface area contributed by atoms with Crippen LogP contribution in [0.5, 0.6) is 0 Å². The van der Waals surface area contributed by atoms with Gasteiger partial charge < -0.3 is 10.2 Å². The Hall–Kier alpha value is -0.840. The second kappa shape index (κ2) is 4.99. The largest absolute Gasteiger partial charge is 0.372 e. The zero-order valence-electron chi connectivity index (χ0n) is 9.70. The Kier molecular flexibility index (Phi) is 3.63. The molecule has 0 amide bonds. The van der Waals surface area contributed by atoms with Gasteiger partial charge in [-0.3, -0.25) is 0 Å². The average Bonchev–Trinajstić information content (AvgIpc) is 2.29. The molecule has 1 aliphatic rings. The number of halogens is 1. The van der Waals surface area contributed by atoms with Crippen LogP contribution < -0.4 is 10.2 Å². The summed E-state index contributed by atoms with van der Waals surface area (Å²) in [7, 11) is 1.87. The molecular formula is C11H17BrN4. The Bertz CT molecular complexity index is 369. The van der Waals surface area contributed by atoms with Gasteiger partial charge in [-0.05, 0) is 34.7 Å². The minimum absolute atomic E-state index is 0.744. The van der Waals surface area contributed by atoms with Crippen LogP contribution in [-0.2, 0) is 0 Å². The van der Waals surface area contributed by atoms with E-state index < -0.39 is 0 Å². The van der Waals surface area contributed by atoms with Crippen molar-refractivity contribution in [2.45, 2.75) is 19.8 Å². The first-order valence-electron chi connectivity index (χ1n) is 5.65. The Balaban J connectivity index is 2.25. The lowest BCUT2D eigenvalue weighted by Gasteiger charge is -2.32. The highest BCUT2D eigenvalue weighted by molar-refractivity contribution is 9.10. The molecular weight excluding hydrogens is 268 g/mol. The first-order valence-corrected chi connectivity index (χ1v) is 6.45. The van der Waals surface area contributed by atoms with Crippen molar-refractivity contribution in [3.05, 3.63) is 10.8 Å². The number of nitrogens with zero attached hydrogens (tertiary/aromatic N) is 3. The van der Waals surface area contributed by atoms with Gasteiger partial charge in [-0.1, -0.05) is 6.92 Å². The van der Waals surface area contributed by atoms with E-state index in [1.807, 2.05) is 7.05 Å². The van der Waals surface area contributed by atoms with Crippen molar-refractivity contribution in [3.8, 4) is 0 Å². The van der Waals surface area contributed by atoms with Crippen molar-refractivity contribution in [3.63, 3.8) is 0 Å². The number of piperidine rings is 1. The monoisotopic (exact) mass is 284 g/mol. The fraction of sp³-hybridized carbons (Fsp3) is 0.636. The highest BCUT2D eigenvalue weighted by Crippen LogP contribution is 2.31. The molecule has 1 aromatic rings. The van der Waals surface area contributed by atoms with Gasteiger partial charge in [0.2, 0.25) is 0 Å². The van der Waals surface area contributed by atoms with Crippen molar-refractivity contribution in [1.29, 1.82) is 0 Å². The molecule has 0 radical (unpaired) electrons. The zero-order valence-corrected chi connectivity index (χ0v) is 11.3. The summed E-state index contributed by atoms with van der Waals surface area (Å²) in [5.41, 5.74) is 0. The Morgan fingerprint density at radius 1 is 1.50 bits per heavy atom. The van der Waals surface area contributed by atoms with Crippen molar-refractivity contribution in [2.24, 2.45) is 5.92 Å². The van der Waals surface area contributed by atoms with Crippen LogP contribution in [0.1, 0.15) is 19.8 Å². The second-order valence-electron chi connectivity index (χ2n) is 4.30. The fourth-order valence-electron chi connectivity index (χ4n) is 2.14. The molecule has 2 heterocycles. The fourth-order valence-corrected chi connectivity index (χ4v) is 2.79. The number of anilines is 2. The highest BCUT2D eigenvalue weighted by atomic mass is 79.9. The van der Waals surface area contributed by atoms with Crippen LogP contribution in [-0.4, -0.2) is 30.1 Å². The summed E-state index contributed by atoms with van der Waals surface area (Å²) < 4.78 is 0.964. The van der Waals surface area contributed by atoms with E-state index in [1.165, 1.54) is 12.8 Å². The first kappa shape index (κ1) is 11.6. The van der Waals surface area contributed by atoms with Crippen LogP contribution in [0.3, 0.4) is 0 Å². The summed E-state index contributed by atoms with van der Waals surface area (Å²) >= 11 is 3.57. The molecule has 1 unspecified atom stereocenters. The summed E-state index contributed by atoms with van der Waals surface area (Å²) in [4.78, 5) is 10.9. The molecule has 2 rings (SSSR count). The van der Waals surface area contributed by atoms with E-state index in [-0.39, 0.29) is 0 Å². The van der Waals surface area contributed by atoms with Gasteiger partial charge in [-0.25, -0.2) is 9.97 Å². The molecule has 5 heteroatoms. The van der Waals surface area contributed by atoms with Crippen molar-refractivity contribution in [2.75, 3.05) is 30.4 Å². The van der Waals surface area contributed by atoms with Crippen LogP contribution in [0, 0.1) is 5.92 Å². The molecule has 4 nitrogen and oxygen atoms in total. The van der Waals surface area contributed by atoms with Crippen molar-refractivity contribution < 1.29 is 0 Å². The van der Waals surface area contributed by atoms with Crippen LogP contribution in [0.4, 0.5) is 11.6 Å². The molecule has 88 valence electrons. The molecule has 0 bridgehead atoms. The summed E-state index contributed by atoms with van der Waals surface area (Å²) in [6.45, 7) is 4.46. The third-order valence-electron chi connectivity index (χ3n) is 2.96. The molecule has 16 heavy (non-hydrogen) atoms. The van der Waals surface area contributed by atoms with E-state index in [0.29, 0.717) is 0 Å². The van der Waals surface area contributed by atoms with Gasteiger partial charge in [0.15, 0.2) is 0 Å². The van der Waals surface area contributed by atoms with Gasteiger partial charge in [0.1, 0.15) is 22.4 Å². The first-order chi connectivity index (χ1) is 7.72. The molecule has 1 N–H and O–H groups in total. The second-order valence-corrected chi connectivity index (χ2v) is 5.10. The Morgan fingerprint density at radius 2 is 2.31 bits per heavy atom. The van der Waals surface area contributed by atoms with Gasteiger partial charge in [0, 0.05) is 20.1 Å². The van der Waals surface area contributed by atoms with Gasteiger partial charge in [-0.15, -0.1) is 0 Å². The predicted molar refractivity (Wildman–Crippen MR) is 69.9 cm³/mol. The summed E-state index contributed by atoms with van der Waals surface area (Å²) in [6.07, 6.45) is 4.18. The van der Waals surface area contributed by atoms with E-state index in [2.05, 4.69) is 43.0 Å². The summed E-state index contributed by atoms with van der Waals surface area (Å²) in [6, 6.07) is 0. The lowest BCUT2D eigenvalue weighted by atomic mass is 10.0. The van der Waals surface area contributed by atoms with Crippen LogP contribution in [0.25, 0.3) is 0 Å². The summed E-state index contributed by atoms with van der Waals surface area (Å²) in [5, 5.41) is 3.06. The van der Waals surface area contributed by atoms with E-state index in [9.17, 15) is 0 Å². The van der Waals surface area contributed by atoms with Crippen molar-refractivity contribution in [1.82, 2.24) is 9.97 Å². The van der Waals surface area contributed by atoms with Gasteiger partial charge in [0.05, 0.1) is 0 Å². The normalized spacial score (nSPS) is 20.9. The minimum Gasteiger partial charge on any atom is -0.372 e. The Morgan fingerprint density at radius 3 is 3.00 bits per heavy atom. The molecule has 1 aromatic heterocycles. The molecule has 0 aliphatic carbocycles. The molecule has 0 spiro atoms. The summed E-state index contributed by atoms with van der Waals surface area (Å²) in [5.74, 6) is 2.60. The third kappa shape index (κ3) is 2.29. The number of hydrogen-bond donors (Lipinski definition) is 1. The Labute approximate surface area is 105 Å². The van der Waals surface area contributed by atoms with Gasteiger partial charge >= 0.3 is 0 Å². The van der Waals surface area contributed by atoms with Crippen LogP contribution in [0.2, 0.25) is 0 Å². The van der Waals surface area contributed by atoms with E-state index >= 15 is 0 Å². The quantitative estimate of drug-likeness (QED) is 0.906. The average molecular weight is 285 g/mol. The molecule has 0 aromatic carbocycles. The molecule has 0 saturated carbocycles. The maximum atomic E-state index is 4.37. The number of rotatable bonds is 2. The molecule has 1 saturated heterocycles. The predicted octanol–water partition coefficient (Wildman–Crippen LogP) is 2.52. The van der Waals surface area contributed by atoms with Crippen LogP contribution >= 0.6 is 15.9 Å². The maximum Gasteiger partial charge on any atom is 0.148 e. The van der Waals surface area contributed by atoms with E-state index in [4.69, 9.17) is 0 Å². The van der Waals surface area contributed by atoms with E-state index in [1.54, 1.807) is 6.33 Å². The maximum absolute atomic E-state index is 4.37. The SMILES string of the molecule is CNc1ncnc(N2CCCC(C)C2)c1Br. The molecule has 1 fully saturated rings. The smallest absolute Gasteiger partial charge is 0.148 e. The number of nitrogens with one attached hydrogen (secondary N) is 1. The number of aromatic nitrogens is 2. The zero-order chi connectivity index (χ0) is 11.5. The third-order valence-corrected chi connectivity index (χ3v) is 3.69. The van der Waals surface area contributed by atoms with Crippen molar-refractivity contribution >= 4 is 27.6 Å². The number of hydrogen-bond acceptors (Lipinski definition) is 4. The topological polar surface area (TPSA) is 41.1 Å². The van der Waals surface area contributed by atoms with E-state index in [0.717, 1.165) is 35.1 Å².